The highest BCUT2D eigenvalue weighted by Gasteiger charge is 2.36. The van der Waals surface area contributed by atoms with Gasteiger partial charge in [-0.2, -0.15) is 5.26 Å². The van der Waals surface area contributed by atoms with Crippen LogP contribution in [-0.4, -0.2) is 0 Å². The van der Waals surface area contributed by atoms with Crippen molar-refractivity contribution in [3.05, 3.63) is 69.7 Å². The molecule has 2 aromatic carbocycles. The minimum absolute atomic E-state index is 0.358. The van der Waals surface area contributed by atoms with Crippen molar-refractivity contribution >= 4 is 15.9 Å². The Morgan fingerprint density at radius 2 is 1.85 bits per heavy atom. The van der Waals surface area contributed by atoms with Crippen LogP contribution in [0.15, 0.2) is 53.0 Å². The van der Waals surface area contributed by atoms with Crippen LogP contribution >= 0.6 is 15.9 Å². The lowest BCUT2D eigenvalue weighted by Gasteiger charge is -2.33. The van der Waals surface area contributed by atoms with Crippen molar-refractivity contribution in [2.24, 2.45) is 0 Å². The fraction of sp³-hybridized carbons (Fsp3) is 0.278. The molecule has 2 heteroatoms. The number of aryl methyl sites for hydroxylation is 1. The standard InChI is InChI=1S/C18H16BrN/c19-16-9-7-14(8-10-16)12-18(13-20)11-3-5-15-4-1-2-6-17(15)18/h1-2,4,6-10H,3,5,11-12H2. The van der Waals surface area contributed by atoms with Gasteiger partial charge in [-0.3, -0.25) is 0 Å². The molecule has 0 amide bonds. The predicted octanol–water partition coefficient (Wildman–Crippen LogP) is 4.79. The van der Waals surface area contributed by atoms with Gasteiger partial charge < -0.3 is 0 Å². The fourth-order valence-corrected chi connectivity index (χ4v) is 3.47. The number of halogens is 1. The summed E-state index contributed by atoms with van der Waals surface area (Å²) in [5.74, 6) is 0. The normalized spacial score (nSPS) is 21.0. The lowest BCUT2D eigenvalue weighted by atomic mass is 9.68. The summed E-state index contributed by atoms with van der Waals surface area (Å²) in [7, 11) is 0. The Balaban J connectivity index is 2.01. The van der Waals surface area contributed by atoms with Gasteiger partial charge in [0.25, 0.3) is 0 Å². The van der Waals surface area contributed by atoms with Gasteiger partial charge in [0.1, 0.15) is 0 Å². The number of hydrogen-bond donors (Lipinski definition) is 0. The van der Waals surface area contributed by atoms with Crippen LogP contribution in [0.4, 0.5) is 0 Å². The minimum Gasteiger partial charge on any atom is -0.197 e. The van der Waals surface area contributed by atoms with Crippen LogP contribution < -0.4 is 0 Å². The molecule has 1 atom stereocenters. The highest BCUT2D eigenvalue weighted by molar-refractivity contribution is 9.10. The van der Waals surface area contributed by atoms with E-state index in [0.717, 1.165) is 30.2 Å². The van der Waals surface area contributed by atoms with E-state index in [2.05, 4.69) is 70.5 Å². The van der Waals surface area contributed by atoms with Crippen LogP contribution in [-0.2, 0) is 18.3 Å². The first-order valence-electron chi connectivity index (χ1n) is 6.98. The molecule has 1 nitrogen and oxygen atoms in total. The third-order valence-electron chi connectivity index (χ3n) is 4.22. The quantitative estimate of drug-likeness (QED) is 0.778. The van der Waals surface area contributed by atoms with Gasteiger partial charge in [0.05, 0.1) is 11.5 Å². The molecule has 3 rings (SSSR count). The smallest absolute Gasteiger partial charge is 0.0865 e. The monoisotopic (exact) mass is 325 g/mol. The molecule has 1 aliphatic carbocycles. The average Bonchev–Trinajstić information content (AvgIpc) is 2.50. The van der Waals surface area contributed by atoms with E-state index in [1.807, 2.05) is 0 Å². The van der Waals surface area contributed by atoms with E-state index in [4.69, 9.17) is 0 Å². The van der Waals surface area contributed by atoms with E-state index in [1.165, 1.54) is 16.7 Å². The van der Waals surface area contributed by atoms with Gasteiger partial charge >= 0.3 is 0 Å². The summed E-state index contributed by atoms with van der Waals surface area (Å²) in [6.45, 7) is 0. The van der Waals surface area contributed by atoms with E-state index in [9.17, 15) is 5.26 Å². The maximum Gasteiger partial charge on any atom is 0.0865 e. The van der Waals surface area contributed by atoms with E-state index >= 15 is 0 Å². The van der Waals surface area contributed by atoms with Gasteiger partial charge in [-0.25, -0.2) is 0 Å². The summed E-state index contributed by atoms with van der Waals surface area (Å²) < 4.78 is 1.08. The molecule has 1 aliphatic rings. The molecule has 0 aromatic heterocycles. The van der Waals surface area contributed by atoms with E-state index < -0.39 is 0 Å². The van der Waals surface area contributed by atoms with Gasteiger partial charge in [-0.1, -0.05) is 52.3 Å². The van der Waals surface area contributed by atoms with Crippen LogP contribution in [0.1, 0.15) is 29.5 Å². The van der Waals surface area contributed by atoms with Crippen molar-refractivity contribution in [2.45, 2.75) is 31.1 Å². The van der Waals surface area contributed by atoms with Gasteiger partial charge in [0.2, 0.25) is 0 Å². The third kappa shape index (κ3) is 2.39. The molecule has 0 radical (unpaired) electrons. The first kappa shape index (κ1) is 13.4. The molecule has 0 bridgehead atoms. The second-order valence-corrected chi connectivity index (χ2v) is 6.42. The lowest BCUT2D eigenvalue weighted by molar-refractivity contribution is 0.450. The topological polar surface area (TPSA) is 23.8 Å². The summed E-state index contributed by atoms with van der Waals surface area (Å²) >= 11 is 3.46. The Hall–Kier alpha value is -1.59. The highest BCUT2D eigenvalue weighted by atomic mass is 79.9. The van der Waals surface area contributed by atoms with E-state index in [-0.39, 0.29) is 5.41 Å². The fourth-order valence-electron chi connectivity index (χ4n) is 3.21. The summed E-state index contributed by atoms with van der Waals surface area (Å²) in [6, 6.07) is 19.4. The Kier molecular flexibility index (Phi) is 3.63. The zero-order valence-electron chi connectivity index (χ0n) is 11.3. The lowest BCUT2D eigenvalue weighted by Crippen LogP contribution is -2.31. The maximum atomic E-state index is 9.84. The second-order valence-electron chi connectivity index (χ2n) is 5.51. The molecule has 0 spiro atoms. The molecule has 0 N–H and O–H groups in total. The Morgan fingerprint density at radius 3 is 2.60 bits per heavy atom. The first-order chi connectivity index (χ1) is 9.73. The van der Waals surface area contributed by atoms with Crippen molar-refractivity contribution in [1.29, 1.82) is 5.26 Å². The summed E-state index contributed by atoms with van der Waals surface area (Å²) in [5, 5.41) is 9.84. The molecule has 1 unspecified atom stereocenters. The number of fused-ring (bicyclic) bond motifs is 1. The summed E-state index contributed by atoms with van der Waals surface area (Å²) in [5.41, 5.74) is 3.45. The number of rotatable bonds is 2. The van der Waals surface area contributed by atoms with E-state index in [0.29, 0.717) is 0 Å². The van der Waals surface area contributed by atoms with Gasteiger partial charge in [-0.15, -0.1) is 0 Å². The molecular weight excluding hydrogens is 310 g/mol. The largest absolute Gasteiger partial charge is 0.197 e. The molecule has 0 heterocycles. The Bertz CT molecular complexity index is 654. The Morgan fingerprint density at radius 1 is 1.10 bits per heavy atom. The molecule has 2 aromatic rings. The zero-order chi connectivity index (χ0) is 14.0. The van der Waals surface area contributed by atoms with Crippen LogP contribution in [0.5, 0.6) is 0 Å². The van der Waals surface area contributed by atoms with E-state index in [1.54, 1.807) is 0 Å². The molecule has 0 aliphatic heterocycles. The summed E-state index contributed by atoms with van der Waals surface area (Å²) in [4.78, 5) is 0. The Labute approximate surface area is 128 Å². The molecular formula is C18H16BrN. The number of nitrogens with zero attached hydrogens (tertiary/aromatic N) is 1. The number of nitriles is 1. The van der Waals surface area contributed by atoms with Crippen molar-refractivity contribution in [3.8, 4) is 6.07 Å². The average molecular weight is 326 g/mol. The van der Waals surface area contributed by atoms with Crippen molar-refractivity contribution in [2.75, 3.05) is 0 Å². The molecule has 20 heavy (non-hydrogen) atoms. The van der Waals surface area contributed by atoms with Crippen LogP contribution in [0.2, 0.25) is 0 Å². The third-order valence-corrected chi connectivity index (χ3v) is 4.74. The molecule has 0 saturated heterocycles. The zero-order valence-corrected chi connectivity index (χ0v) is 12.9. The van der Waals surface area contributed by atoms with Gasteiger partial charge in [0, 0.05) is 4.47 Å². The van der Waals surface area contributed by atoms with Crippen molar-refractivity contribution in [1.82, 2.24) is 0 Å². The van der Waals surface area contributed by atoms with Crippen molar-refractivity contribution in [3.63, 3.8) is 0 Å². The minimum atomic E-state index is -0.358. The number of benzene rings is 2. The SMILES string of the molecule is N#CC1(Cc2ccc(Br)cc2)CCCc2ccccc21. The van der Waals surface area contributed by atoms with Crippen LogP contribution in [0, 0.1) is 11.3 Å². The summed E-state index contributed by atoms with van der Waals surface area (Å²) in [6.07, 6.45) is 3.95. The van der Waals surface area contributed by atoms with Crippen LogP contribution in [0.25, 0.3) is 0 Å². The second kappa shape index (κ2) is 5.42. The molecule has 100 valence electrons. The molecule has 0 saturated carbocycles. The van der Waals surface area contributed by atoms with Crippen molar-refractivity contribution < 1.29 is 0 Å². The van der Waals surface area contributed by atoms with Gasteiger partial charge in [0.15, 0.2) is 0 Å². The predicted molar refractivity (Wildman–Crippen MR) is 84.5 cm³/mol. The maximum absolute atomic E-state index is 9.84. The molecule has 0 fully saturated rings. The van der Waals surface area contributed by atoms with Gasteiger partial charge in [-0.05, 0) is 54.5 Å². The highest BCUT2D eigenvalue weighted by Crippen LogP contribution is 2.39. The number of hydrogen-bond acceptors (Lipinski definition) is 1. The first-order valence-corrected chi connectivity index (χ1v) is 7.77. The van der Waals surface area contributed by atoms with Crippen LogP contribution in [0.3, 0.4) is 0 Å².